The molecule has 2 nitrogen and oxygen atoms in total. The number of hydrogen-bond acceptors (Lipinski definition) is 2. The van der Waals surface area contributed by atoms with Gasteiger partial charge in [0, 0.05) is 11.8 Å². The van der Waals surface area contributed by atoms with Crippen molar-refractivity contribution in [3.8, 4) is 0 Å². The lowest BCUT2D eigenvalue weighted by molar-refractivity contribution is -0.137. The third-order valence-corrected chi connectivity index (χ3v) is 8.75. The summed E-state index contributed by atoms with van der Waals surface area (Å²) in [4.78, 5) is 25.3. The number of hydrogen-bond donors (Lipinski definition) is 0. The molecule has 0 spiro atoms. The number of carbonyl (C=O) groups is 2. The first-order valence-electron chi connectivity index (χ1n) is 11.5. The summed E-state index contributed by atoms with van der Waals surface area (Å²) in [6, 6.07) is 9.02. The van der Waals surface area contributed by atoms with E-state index in [4.69, 9.17) is 0 Å². The number of fused-ring (bicyclic) bond motifs is 2. The highest BCUT2D eigenvalue weighted by molar-refractivity contribution is 6.41. The van der Waals surface area contributed by atoms with Crippen LogP contribution in [0.5, 0.6) is 0 Å². The average Bonchev–Trinajstić information content (AvgIpc) is 2.93. The largest absolute Gasteiger partial charge is 0.291 e. The molecule has 1 aromatic rings. The summed E-state index contributed by atoms with van der Waals surface area (Å²) in [5.74, 6) is 3.15. The normalized spacial score (nSPS) is 40.2. The molecule has 4 fully saturated rings. The van der Waals surface area contributed by atoms with Crippen LogP contribution in [-0.4, -0.2) is 11.6 Å². The average molecular weight is 379 g/mol. The highest BCUT2D eigenvalue weighted by Gasteiger charge is 2.59. The molecule has 0 bridgehead atoms. The van der Waals surface area contributed by atoms with Gasteiger partial charge in [0.05, 0.1) is 0 Å². The molecule has 0 N–H and O–H groups in total. The van der Waals surface area contributed by atoms with Crippen molar-refractivity contribution in [2.24, 2.45) is 35.5 Å². The van der Waals surface area contributed by atoms with Crippen molar-refractivity contribution in [2.45, 2.75) is 77.0 Å². The second-order valence-electron chi connectivity index (χ2n) is 11.1. The molecular formula is C26H34O2. The van der Waals surface area contributed by atoms with Crippen LogP contribution in [0.3, 0.4) is 0 Å². The van der Waals surface area contributed by atoms with E-state index < -0.39 is 0 Å². The van der Waals surface area contributed by atoms with Crippen LogP contribution < -0.4 is 0 Å². The molecule has 7 atom stereocenters. The summed E-state index contributed by atoms with van der Waals surface area (Å²) >= 11 is 0. The van der Waals surface area contributed by atoms with Crippen LogP contribution in [0, 0.1) is 35.5 Å². The van der Waals surface area contributed by atoms with Crippen LogP contribution in [-0.2, 0) is 15.0 Å². The highest BCUT2D eigenvalue weighted by Crippen LogP contribution is 2.60. The second kappa shape index (κ2) is 6.54. The van der Waals surface area contributed by atoms with Gasteiger partial charge < -0.3 is 0 Å². The zero-order valence-corrected chi connectivity index (χ0v) is 17.6. The van der Waals surface area contributed by atoms with Gasteiger partial charge in [-0.1, -0.05) is 51.5 Å². The molecule has 7 unspecified atom stereocenters. The van der Waals surface area contributed by atoms with Crippen molar-refractivity contribution in [1.29, 1.82) is 0 Å². The van der Waals surface area contributed by atoms with Gasteiger partial charge in [-0.2, -0.15) is 0 Å². The van der Waals surface area contributed by atoms with Crippen LogP contribution in [0.4, 0.5) is 0 Å². The highest BCUT2D eigenvalue weighted by atomic mass is 16.2. The molecule has 0 heterocycles. The van der Waals surface area contributed by atoms with Crippen LogP contribution in [0.25, 0.3) is 0 Å². The minimum atomic E-state index is -0.00650. The van der Waals surface area contributed by atoms with Crippen LogP contribution >= 0.6 is 0 Å². The summed E-state index contributed by atoms with van der Waals surface area (Å²) in [6.45, 7) is 6.94. The van der Waals surface area contributed by atoms with Crippen molar-refractivity contribution in [3.63, 3.8) is 0 Å². The molecule has 0 amide bonds. The summed E-state index contributed by atoms with van der Waals surface area (Å²) in [5.41, 5.74) is 3.18. The van der Waals surface area contributed by atoms with E-state index in [9.17, 15) is 9.59 Å². The summed E-state index contributed by atoms with van der Waals surface area (Å²) in [6.07, 6.45) is 8.14. The fourth-order valence-corrected chi connectivity index (χ4v) is 7.71. The SMILES string of the molecule is CC(C)(C)c1ccccc1C1CCC2C(C1)CC1C(=O)C(=O)C3CCCC2C31. The standard InChI is InChI=1S/C26H34O2/c1-26(2,3)22-10-5-4-7-18(22)15-11-12-17-16(13-15)14-21-23-19(17)8-6-9-20(23)24(27)25(21)28/h4-5,7,10,15-17,19-21,23H,6,8-9,11-14H2,1-3H3. The maximum absolute atomic E-state index is 12.7. The Morgan fingerprint density at radius 1 is 0.821 bits per heavy atom. The van der Waals surface area contributed by atoms with Crippen molar-refractivity contribution >= 4 is 11.6 Å². The van der Waals surface area contributed by atoms with Gasteiger partial charge in [0.15, 0.2) is 0 Å². The Hall–Kier alpha value is -1.44. The molecule has 0 aliphatic heterocycles. The molecule has 1 aromatic carbocycles. The molecule has 0 aromatic heterocycles. The van der Waals surface area contributed by atoms with Crippen LogP contribution in [0.2, 0.25) is 0 Å². The predicted octanol–water partition coefficient (Wildman–Crippen LogP) is 5.69. The molecule has 2 heteroatoms. The Kier molecular flexibility index (Phi) is 4.34. The topological polar surface area (TPSA) is 34.1 Å². The Labute approximate surface area is 169 Å². The Morgan fingerprint density at radius 2 is 1.57 bits per heavy atom. The van der Waals surface area contributed by atoms with Gasteiger partial charge in [-0.05, 0) is 84.7 Å². The summed E-state index contributed by atoms with van der Waals surface area (Å²) in [7, 11) is 0. The fourth-order valence-electron chi connectivity index (χ4n) is 7.71. The van der Waals surface area contributed by atoms with Crippen LogP contribution in [0.15, 0.2) is 24.3 Å². The van der Waals surface area contributed by atoms with E-state index in [0.717, 1.165) is 25.2 Å². The number of ketones is 2. The van der Waals surface area contributed by atoms with Crippen molar-refractivity contribution in [1.82, 2.24) is 0 Å². The minimum Gasteiger partial charge on any atom is -0.291 e. The van der Waals surface area contributed by atoms with Gasteiger partial charge >= 0.3 is 0 Å². The van der Waals surface area contributed by atoms with Gasteiger partial charge in [0.1, 0.15) is 0 Å². The molecule has 4 saturated carbocycles. The molecule has 0 saturated heterocycles. The molecule has 4 aliphatic rings. The minimum absolute atomic E-state index is 0.00225. The first-order valence-corrected chi connectivity index (χ1v) is 11.5. The Morgan fingerprint density at radius 3 is 2.36 bits per heavy atom. The summed E-state index contributed by atoms with van der Waals surface area (Å²) < 4.78 is 0. The van der Waals surface area contributed by atoms with E-state index in [1.807, 2.05) is 0 Å². The number of rotatable bonds is 1. The number of Topliss-reactive ketones (excluding diaryl/α,β-unsaturated/α-hetero) is 2. The van der Waals surface area contributed by atoms with Crippen LogP contribution in [0.1, 0.15) is 82.8 Å². The molecule has 4 aliphatic carbocycles. The third-order valence-electron chi connectivity index (χ3n) is 8.75. The first kappa shape index (κ1) is 18.6. The maximum Gasteiger partial charge on any atom is 0.202 e. The molecule has 28 heavy (non-hydrogen) atoms. The molecule has 0 radical (unpaired) electrons. The molecule has 150 valence electrons. The van der Waals surface area contributed by atoms with E-state index in [0.29, 0.717) is 23.7 Å². The smallest absolute Gasteiger partial charge is 0.202 e. The van der Waals surface area contributed by atoms with Crippen molar-refractivity contribution in [2.75, 3.05) is 0 Å². The third kappa shape index (κ3) is 2.74. The van der Waals surface area contributed by atoms with Gasteiger partial charge in [-0.25, -0.2) is 0 Å². The Bertz CT molecular complexity index is 801. The van der Waals surface area contributed by atoms with Gasteiger partial charge in [-0.15, -0.1) is 0 Å². The van der Waals surface area contributed by atoms with E-state index in [-0.39, 0.29) is 28.8 Å². The monoisotopic (exact) mass is 378 g/mol. The number of carbonyl (C=O) groups excluding carboxylic acids is 2. The molecule has 5 rings (SSSR count). The lowest BCUT2D eigenvalue weighted by Crippen LogP contribution is -2.45. The molecular weight excluding hydrogens is 344 g/mol. The van der Waals surface area contributed by atoms with Crippen molar-refractivity contribution < 1.29 is 9.59 Å². The Balaban J connectivity index is 1.43. The van der Waals surface area contributed by atoms with E-state index in [1.54, 1.807) is 0 Å². The summed E-state index contributed by atoms with van der Waals surface area (Å²) in [5, 5.41) is 0. The van der Waals surface area contributed by atoms with E-state index in [1.165, 1.54) is 36.8 Å². The maximum atomic E-state index is 12.7. The zero-order chi connectivity index (χ0) is 19.6. The van der Waals surface area contributed by atoms with Gasteiger partial charge in [0.2, 0.25) is 11.6 Å². The van der Waals surface area contributed by atoms with Gasteiger partial charge in [-0.3, -0.25) is 9.59 Å². The van der Waals surface area contributed by atoms with Gasteiger partial charge in [0.25, 0.3) is 0 Å². The van der Waals surface area contributed by atoms with E-state index in [2.05, 4.69) is 45.0 Å². The predicted molar refractivity (Wildman–Crippen MR) is 111 cm³/mol. The fraction of sp³-hybridized carbons (Fsp3) is 0.692. The quantitative estimate of drug-likeness (QED) is 0.588. The number of benzene rings is 1. The lowest BCUT2D eigenvalue weighted by Gasteiger charge is -2.51. The van der Waals surface area contributed by atoms with E-state index >= 15 is 0 Å². The first-order chi connectivity index (χ1) is 13.4. The van der Waals surface area contributed by atoms with Crippen molar-refractivity contribution in [3.05, 3.63) is 35.4 Å². The second-order valence-corrected chi connectivity index (χ2v) is 11.1. The lowest BCUT2D eigenvalue weighted by atomic mass is 9.52. The zero-order valence-electron chi connectivity index (χ0n) is 17.6.